The number of amides is 1. The molecule has 1 amide bonds. The molecule has 0 aromatic heterocycles. The first kappa shape index (κ1) is 12.7. The summed E-state index contributed by atoms with van der Waals surface area (Å²) in [6.45, 7) is -0.139. The lowest BCUT2D eigenvalue weighted by Crippen LogP contribution is -2.34. The Morgan fingerprint density at radius 2 is 2.29 bits per heavy atom. The molecule has 0 unspecified atom stereocenters. The van der Waals surface area contributed by atoms with Crippen molar-refractivity contribution in [3.05, 3.63) is 35.9 Å². The van der Waals surface area contributed by atoms with Gasteiger partial charge < -0.3 is 4.74 Å². The Morgan fingerprint density at radius 3 is 3.00 bits per heavy atom. The minimum Gasteiger partial charge on any atom is -0.483 e. The molecule has 17 heavy (non-hydrogen) atoms. The number of hydrogen-bond donors (Lipinski definition) is 2. The average Bonchev–Trinajstić information content (AvgIpc) is 2.37. The van der Waals surface area contributed by atoms with Gasteiger partial charge in [0.05, 0.1) is 12.5 Å². The molecule has 0 aliphatic heterocycles. The van der Waals surface area contributed by atoms with Crippen LogP contribution in [-0.2, 0) is 4.79 Å². The zero-order valence-corrected chi connectivity index (χ0v) is 9.22. The number of para-hydroxylation sites is 1. The van der Waals surface area contributed by atoms with Crippen molar-refractivity contribution >= 4 is 12.0 Å². The van der Waals surface area contributed by atoms with Crippen LogP contribution in [0.1, 0.15) is 12.0 Å². The Hall–Kier alpha value is -2.32. The zero-order chi connectivity index (χ0) is 12.5. The predicted molar refractivity (Wildman–Crippen MR) is 63.5 cm³/mol. The quantitative estimate of drug-likeness (QED) is 0.449. The highest BCUT2D eigenvalue weighted by Gasteiger charge is 2.02. The minimum absolute atomic E-state index is 0.139. The van der Waals surface area contributed by atoms with E-state index in [1.54, 1.807) is 24.3 Å². The number of nitriles is 1. The van der Waals surface area contributed by atoms with E-state index in [0.717, 1.165) is 5.56 Å². The number of carbonyl (C=O) groups excluding carboxylic acids is 1. The van der Waals surface area contributed by atoms with E-state index in [2.05, 4.69) is 0 Å². The highest BCUT2D eigenvalue weighted by atomic mass is 16.5. The number of allylic oxidation sites excluding steroid dienone is 1. The molecule has 1 rings (SSSR count). The van der Waals surface area contributed by atoms with Crippen LogP contribution in [0.5, 0.6) is 5.75 Å². The summed E-state index contributed by atoms with van der Waals surface area (Å²) >= 11 is 0. The van der Waals surface area contributed by atoms with E-state index in [1.807, 2.05) is 23.6 Å². The summed E-state index contributed by atoms with van der Waals surface area (Å²) in [5.41, 5.74) is 2.79. The Labute approximate surface area is 99.5 Å². The van der Waals surface area contributed by atoms with Gasteiger partial charge in [0, 0.05) is 5.56 Å². The molecule has 0 saturated heterocycles. The first-order valence-electron chi connectivity index (χ1n) is 5.02. The van der Waals surface area contributed by atoms with Gasteiger partial charge in [-0.25, -0.2) is 5.84 Å². The van der Waals surface area contributed by atoms with Gasteiger partial charge in [0.15, 0.2) is 6.61 Å². The van der Waals surface area contributed by atoms with Crippen LogP contribution < -0.4 is 16.0 Å². The predicted octanol–water partition coefficient (Wildman–Crippen LogP) is 0.982. The van der Waals surface area contributed by atoms with Crippen molar-refractivity contribution in [2.45, 2.75) is 6.42 Å². The van der Waals surface area contributed by atoms with Crippen molar-refractivity contribution in [3.8, 4) is 11.8 Å². The van der Waals surface area contributed by atoms with Gasteiger partial charge in [-0.2, -0.15) is 5.26 Å². The van der Waals surface area contributed by atoms with Gasteiger partial charge in [-0.3, -0.25) is 10.2 Å². The fraction of sp³-hybridized carbons (Fsp3) is 0.167. The van der Waals surface area contributed by atoms with Gasteiger partial charge in [-0.1, -0.05) is 30.4 Å². The molecule has 1 aromatic rings. The SMILES string of the molecule is N#CCC=Cc1ccccc1OCC(=O)NN. The topological polar surface area (TPSA) is 88.1 Å². The molecule has 0 aliphatic carbocycles. The molecular formula is C12H13N3O2. The molecule has 5 nitrogen and oxygen atoms in total. The van der Waals surface area contributed by atoms with Crippen LogP contribution >= 0.6 is 0 Å². The van der Waals surface area contributed by atoms with Crippen LogP contribution in [0.25, 0.3) is 6.08 Å². The lowest BCUT2D eigenvalue weighted by atomic mass is 10.2. The molecule has 0 atom stereocenters. The third-order valence-electron chi connectivity index (χ3n) is 1.95. The normalized spacial score (nSPS) is 9.88. The highest BCUT2D eigenvalue weighted by molar-refractivity contribution is 5.77. The Bertz CT molecular complexity index is 449. The van der Waals surface area contributed by atoms with Gasteiger partial charge in [0.25, 0.3) is 5.91 Å². The number of nitrogens with one attached hydrogen (secondary N) is 1. The number of hydrogen-bond acceptors (Lipinski definition) is 4. The largest absolute Gasteiger partial charge is 0.483 e. The van der Waals surface area contributed by atoms with Crippen LogP contribution in [0.15, 0.2) is 30.3 Å². The minimum atomic E-state index is -0.402. The maximum atomic E-state index is 10.9. The van der Waals surface area contributed by atoms with Crippen LogP contribution in [0.4, 0.5) is 0 Å². The third kappa shape index (κ3) is 4.36. The molecule has 5 heteroatoms. The molecule has 0 heterocycles. The summed E-state index contributed by atoms with van der Waals surface area (Å²) in [6, 6.07) is 9.24. The maximum Gasteiger partial charge on any atom is 0.271 e. The molecule has 0 saturated carbocycles. The van der Waals surface area contributed by atoms with E-state index in [4.69, 9.17) is 15.8 Å². The summed E-state index contributed by atoms with van der Waals surface area (Å²) in [5.74, 6) is 5.12. The van der Waals surface area contributed by atoms with Crippen LogP contribution in [0.3, 0.4) is 0 Å². The molecule has 0 radical (unpaired) electrons. The molecule has 0 spiro atoms. The number of nitrogens with zero attached hydrogens (tertiary/aromatic N) is 1. The molecule has 0 fully saturated rings. The number of benzene rings is 1. The molecular weight excluding hydrogens is 218 g/mol. The number of carbonyl (C=O) groups is 1. The summed E-state index contributed by atoms with van der Waals surface area (Å²) in [5, 5.41) is 8.42. The van der Waals surface area contributed by atoms with Crippen LogP contribution in [0.2, 0.25) is 0 Å². The first-order valence-corrected chi connectivity index (χ1v) is 5.02. The second-order valence-corrected chi connectivity index (χ2v) is 3.16. The van der Waals surface area contributed by atoms with Crippen LogP contribution in [-0.4, -0.2) is 12.5 Å². The van der Waals surface area contributed by atoms with Crippen molar-refractivity contribution in [2.75, 3.05) is 6.61 Å². The standard InChI is InChI=1S/C12H13N3O2/c13-8-4-3-6-10-5-1-2-7-11(10)17-9-12(16)15-14/h1-3,5-7H,4,9,14H2,(H,15,16). The third-order valence-corrected chi connectivity index (χ3v) is 1.95. The van der Waals surface area contributed by atoms with Crippen molar-refractivity contribution in [2.24, 2.45) is 5.84 Å². The average molecular weight is 231 g/mol. The zero-order valence-electron chi connectivity index (χ0n) is 9.22. The number of hydrazine groups is 1. The second-order valence-electron chi connectivity index (χ2n) is 3.16. The monoisotopic (exact) mass is 231 g/mol. The summed E-state index contributed by atoms with van der Waals surface area (Å²) in [4.78, 5) is 10.9. The van der Waals surface area contributed by atoms with Crippen molar-refractivity contribution in [1.29, 1.82) is 5.26 Å². The van der Waals surface area contributed by atoms with Crippen molar-refractivity contribution < 1.29 is 9.53 Å². The lowest BCUT2D eigenvalue weighted by Gasteiger charge is -2.07. The van der Waals surface area contributed by atoms with E-state index in [9.17, 15) is 4.79 Å². The van der Waals surface area contributed by atoms with Gasteiger partial charge in [0.2, 0.25) is 0 Å². The second kappa shape index (κ2) is 7.04. The molecule has 3 N–H and O–H groups in total. The first-order chi connectivity index (χ1) is 8.27. The number of rotatable bonds is 5. The van der Waals surface area contributed by atoms with Gasteiger partial charge in [0.1, 0.15) is 5.75 Å². The fourth-order valence-corrected chi connectivity index (χ4v) is 1.17. The molecule has 0 aliphatic rings. The molecule has 0 bridgehead atoms. The Morgan fingerprint density at radius 1 is 1.53 bits per heavy atom. The lowest BCUT2D eigenvalue weighted by molar-refractivity contribution is -0.123. The number of ether oxygens (including phenoxy) is 1. The van der Waals surface area contributed by atoms with Gasteiger partial charge >= 0.3 is 0 Å². The van der Waals surface area contributed by atoms with E-state index in [1.165, 1.54) is 0 Å². The Kier molecular flexibility index (Phi) is 5.28. The molecule has 1 aromatic carbocycles. The van der Waals surface area contributed by atoms with E-state index in [0.29, 0.717) is 12.2 Å². The van der Waals surface area contributed by atoms with E-state index in [-0.39, 0.29) is 6.61 Å². The smallest absolute Gasteiger partial charge is 0.271 e. The van der Waals surface area contributed by atoms with Crippen molar-refractivity contribution in [3.63, 3.8) is 0 Å². The van der Waals surface area contributed by atoms with Gasteiger partial charge in [-0.05, 0) is 6.07 Å². The highest BCUT2D eigenvalue weighted by Crippen LogP contribution is 2.19. The van der Waals surface area contributed by atoms with E-state index < -0.39 is 5.91 Å². The van der Waals surface area contributed by atoms with E-state index >= 15 is 0 Å². The summed E-state index contributed by atoms with van der Waals surface area (Å²) in [7, 11) is 0. The fourth-order valence-electron chi connectivity index (χ4n) is 1.17. The number of nitrogens with two attached hydrogens (primary N) is 1. The van der Waals surface area contributed by atoms with Crippen molar-refractivity contribution in [1.82, 2.24) is 5.43 Å². The van der Waals surface area contributed by atoms with Crippen LogP contribution in [0, 0.1) is 11.3 Å². The molecule has 88 valence electrons. The summed E-state index contributed by atoms with van der Waals surface area (Å²) in [6.07, 6.45) is 3.84. The maximum absolute atomic E-state index is 10.9. The summed E-state index contributed by atoms with van der Waals surface area (Å²) < 4.78 is 5.29. The Balaban J connectivity index is 2.71. The van der Waals surface area contributed by atoms with Gasteiger partial charge in [-0.15, -0.1) is 0 Å².